The van der Waals surface area contributed by atoms with Gasteiger partial charge in [-0.05, 0) is 41.7 Å². The van der Waals surface area contributed by atoms with Crippen molar-refractivity contribution in [3.63, 3.8) is 0 Å². The largest absolute Gasteiger partial charge is 0.383 e. The highest BCUT2D eigenvalue weighted by molar-refractivity contribution is 5.82. The summed E-state index contributed by atoms with van der Waals surface area (Å²) in [6.07, 6.45) is 0.931. The summed E-state index contributed by atoms with van der Waals surface area (Å²) < 4.78 is 0. The molecule has 1 heterocycles. The van der Waals surface area contributed by atoms with Gasteiger partial charge in [-0.15, -0.1) is 0 Å². The van der Waals surface area contributed by atoms with E-state index in [1.807, 2.05) is 0 Å². The molecule has 16 heavy (non-hydrogen) atoms. The third-order valence-electron chi connectivity index (χ3n) is 3.00. The van der Waals surface area contributed by atoms with Gasteiger partial charge in [0.25, 0.3) is 0 Å². The maximum atomic E-state index is 5.88. The van der Waals surface area contributed by atoms with Crippen molar-refractivity contribution < 1.29 is 0 Å². The van der Waals surface area contributed by atoms with E-state index in [0.29, 0.717) is 11.7 Å². The smallest absolute Gasteiger partial charge is 0.127 e. The SMILES string of the molecule is CCc1cc2cc(C(C)C)ccc2nc1N. The quantitative estimate of drug-likeness (QED) is 0.831. The fourth-order valence-corrected chi connectivity index (χ4v) is 1.90. The lowest BCUT2D eigenvalue weighted by atomic mass is 10.00. The van der Waals surface area contributed by atoms with E-state index < -0.39 is 0 Å². The number of rotatable bonds is 2. The normalized spacial score (nSPS) is 11.2. The van der Waals surface area contributed by atoms with Gasteiger partial charge in [-0.1, -0.05) is 26.8 Å². The summed E-state index contributed by atoms with van der Waals surface area (Å²) in [4.78, 5) is 4.42. The molecule has 2 N–H and O–H groups in total. The number of anilines is 1. The molecule has 84 valence electrons. The summed E-state index contributed by atoms with van der Waals surface area (Å²) in [7, 11) is 0. The molecule has 2 rings (SSSR count). The number of nitrogen functional groups attached to an aromatic ring is 1. The first-order valence-electron chi connectivity index (χ1n) is 5.81. The number of aromatic nitrogens is 1. The van der Waals surface area contributed by atoms with Gasteiger partial charge in [-0.25, -0.2) is 4.98 Å². The van der Waals surface area contributed by atoms with E-state index in [4.69, 9.17) is 5.73 Å². The van der Waals surface area contributed by atoms with E-state index in [2.05, 4.69) is 50.0 Å². The molecule has 0 unspecified atom stereocenters. The Kier molecular flexibility index (Phi) is 2.82. The zero-order valence-electron chi connectivity index (χ0n) is 10.1. The van der Waals surface area contributed by atoms with Gasteiger partial charge >= 0.3 is 0 Å². The summed E-state index contributed by atoms with van der Waals surface area (Å²) in [6.45, 7) is 6.50. The lowest BCUT2D eigenvalue weighted by Gasteiger charge is -2.09. The number of hydrogen-bond acceptors (Lipinski definition) is 2. The van der Waals surface area contributed by atoms with Gasteiger partial charge in [0.1, 0.15) is 5.82 Å². The Morgan fingerprint density at radius 3 is 2.62 bits per heavy atom. The second-order valence-corrected chi connectivity index (χ2v) is 4.49. The van der Waals surface area contributed by atoms with Crippen LogP contribution in [0.15, 0.2) is 24.3 Å². The lowest BCUT2D eigenvalue weighted by Crippen LogP contribution is -1.97. The number of pyridine rings is 1. The standard InChI is InChI=1S/C14H18N2/c1-4-10-7-12-8-11(9(2)3)5-6-13(12)16-14(10)15/h5-9H,4H2,1-3H3,(H2,15,16). The minimum atomic E-state index is 0.548. The summed E-state index contributed by atoms with van der Waals surface area (Å²) in [6, 6.07) is 8.56. The molecule has 0 fully saturated rings. The first-order valence-corrected chi connectivity index (χ1v) is 5.81. The van der Waals surface area contributed by atoms with Crippen LogP contribution in [0, 0.1) is 0 Å². The number of benzene rings is 1. The zero-order chi connectivity index (χ0) is 11.7. The van der Waals surface area contributed by atoms with Crippen LogP contribution in [0.4, 0.5) is 5.82 Å². The maximum Gasteiger partial charge on any atom is 0.127 e. The number of hydrogen-bond donors (Lipinski definition) is 1. The molecule has 0 amide bonds. The molecule has 0 bridgehead atoms. The van der Waals surface area contributed by atoms with E-state index in [1.165, 1.54) is 10.9 Å². The van der Waals surface area contributed by atoms with Crippen molar-refractivity contribution in [3.8, 4) is 0 Å². The van der Waals surface area contributed by atoms with Gasteiger partial charge in [0.05, 0.1) is 5.52 Å². The molecule has 0 aliphatic heterocycles. The Morgan fingerprint density at radius 2 is 2.00 bits per heavy atom. The van der Waals surface area contributed by atoms with E-state index in [-0.39, 0.29) is 0 Å². The average molecular weight is 214 g/mol. The second-order valence-electron chi connectivity index (χ2n) is 4.49. The van der Waals surface area contributed by atoms with E-state index in [0.717, 1.165) is 17.5 Å². The van der Waals surface area contributed by atoms with Gasteiger partial charge in [0.2, 0.25) is 0 Å². The minimum Gasteiger partial charge on any atom is -0.383 e. The van der Waals surface area contributed by atoms with Gasteiger partial charge < -0.3 is 5.73 Å². The molecule has 0 aliphatic carbocycles. The molecule has 0 aliphatic rings. The van der Waals surface area contributed by atoms with Gasteiger partial charge in [0, 0.05) is 5.39 Å². The summed E-state index contributed by atoms with van der Waals surface area (Å²) in [5.74, 6) is 1.21. The molecule has 1 aromatic heterocycles. The Morgan fingerprint density at radius 1 is 1.25 bits per heavy atom. The summed E-state index contributed by atoms with van der Waals surface area (Å²) >= 11 is 0. The topological polar surface area (TPSA) is 38.9 Å². The second kappa shape index (κ2) is 4.12. The molecule has 0 saturated heterocycles. The van der Waals surface area contributed by atoms with Crippen LogP contribution in [0.25, 0.3) is 10.9 Å². The highest BCUT2D eigenvalue weighted by Gasteiger charge is 2.05. The third-order valence-corrected chi connectivity index (χ3v) is 3.00. The van der Waals surface area contributed by atoms with Crippen LogP contribution in [0.3, 0.4) is 0 Å². The van der Waals surface area contributed by atoms with Crippen LogP contribution in [0.2, 0.25) is 0 Å². The number of nitrogens with zero attached hydrogens (tertiary/aromatic N) is 1. The molecule has 0 atom stereocenters. The Labute approximate surface area is 96.5 Å². The molecule has 0 radical (unpaired) electrons. The molecular formula is C14H18N2. The fraction of sp³-hybridized carbons (Fsp3) is 0.357. The van der Waals surface area contributed by atoms with Crippen molar-refractivity contribution >= 4 is 16.7 Å². The Balaban J connectivity index is 2.63. The molecule has 2 nitrogen and oxygen atoms in total. The van der Waals surface area contributed by atoms with Crippen LogP contribution >= 0.6 is 0 Å². The molecule has 2 heteroatoms. The van der Waals surface area contributed by atoms with Crippen molar-refractivity contribution in [1.29, 1.82) is 0 Å². The van der Waals surface area contributed by atoms with Crippen LogP contribution in [-0.4, -0.2) is 4.98 Å². The Bertz CT molecular complexity index is 515. The van der Waals surface area contributed by atoms with Gasteiger partial charge in [-0.3, -0.25) is 0 Å². The molecule has 1 aromatic carbocycles. The van der Waals surface area contributed by atoms with Crippen LogP contribution in [0.1, 0.15) is 37.8 Å². The van der Waals surface area contributed by atoms with Crippen molar-refractivity contribution in [1.82, 2.24) is 4.98 Å². The highest BCUT2D eigenvalue weighted by Crippen LogP contribution is 2.23. The van der Waals surface area contributed by atoms with Crippen molar-refractivity contribution in [2.24, 2.45) is 0 Å². The van der Waals surface area contributed by atoms with Crippen LogP contribution in [-0.2, 0) is 6.42 Å². The molecule has 0 spiro atoms. The van der Waals surface area contributed by atoms with Gasteiger partial charge in [0.15, 0.2) is 0 Å². The first kappa shape index (κ1) is 10.9. The lowest BCUT2D eigenvalue weighted by molar-refractivity contribution is 0.868. The minimum absolute atomic E-state index is 0.548. The number of aryl methyl sites for hydroxylation is 1. The zero-order valence-corrected chi connectivity index (χ0v) is 10.1. The summed E-state index contributed by atoms with van der Waals surface area (Å²) in [5, 5.41) is 1.19. The van der Waals surface area contributed by atoms with E-state index >= 15 is 0 Å². The number of nitrogens with two attached hydrogens (primary N) is 1. The first-order chi connectivity index (χ1) is 7.61. The molecule has 0 saturated carbocycles. The predicted octanol–water partition coefficient (Wildman–Crippen LogP) is 3.50. The molecule has 2 aromatic rings. The fourth-order valence-electron chi connectivity index (χ4n) is 1.90. The van der Waals surface area contributed by atoms with Crippen LogP contribution in [0.5, 0.6) is 0 Å². The summed E-state index contributed by atoms with van der Waals surface area (Å²) in [5.41, 5.74) is 9.35. The van der Waals surface area contributed by atoms with Crippen molar-refractivity contribution in [2.75, 3.05) is 5.73 Å². The Hall–Kier alpha value is -1.57. The highest BCUT2D eigenvalue weighted by atomic mass is 14.8. The number of fused-ring (bicyclic) bond motifs is 1. The van der Waals surface area contributed by atoms with Crippen LogP contribution < -0.4 is 5.73 Å². The van der Waals surface area contributed by atoms with Crippen molar-refractivity contribution in [3.05, 3.63) is 35.4 Å². The maximum absolute atomic E-state index is 5.88. The van der Waals surface area contributed by atoms with E-state index in [1.54, 1.807) is 0 Å². The average Bonchev–Trinajstić information content (AvgIpc) is 2.27. The monoisotopic (exact) mass is 214 g/mol. The predicted molar refractivity (Wildman–Crippen MR) is 69.6 cm³/mol. The third kappa shape index (κ3) is 1.87. The van der Waals surface area contributed by atoms with Crippen molar-refractivity contribution in [2.45, 2.75) is 33.1 Å². The van der Waals surface area contributed by atoms with Gasteiger partial charge in [-0.2, -0.15) is 0 Å². The molecular weight excluding hydrogens is 196 g/mol. The van der Waals surface area contributed by atoms with E-state index in [9.17, 15) is 0 Å².